The largest absolute Gasteiger partial charge is 0.437 e. The van der Waals surface area contributed by atoms with Crippen molar-refractivity contribution in [1.82, 2.24) is 9.78 Å². The van der Waals surface area contributed by atoms with Crippen molar-refractivity contribution in [3.05, 3.63) is 35.5 Å². The molecule has 0 amide bonds. The number of hydrogen-bond donors (Lipinski definition) is 1. The third-order valence-electron chi connectivity index (χ3n) is 3.83. The number of benzene rings is 1. The predicted molar refractivity (Wildman–Crippen MR) is 86.9 cm³/mol. The van der Waals surface area contributed by atoms with Crippen LogP contribution in [0.15, 0.2) is 24.3 Å². The Labute approximate surface area is 126 Å². The first-order valence-electron chi connectivity index (χ1n) is 7.68. The number of aromatic nitrogens is 2. The first-order chi connectivity index (χ1) is 10.1. The van der Waals surface area contributed by atoms with Crippen LogP contribution in [0.5, 0.6) is 11.6 Å². The minimum absolute atomic E-state index is 0.450. The summed E-state index contributed by atoms with van der Waals surface area (Å²) in [5.74, 6) is 1.98. The van der Waals surface area contributed by atoms with Crippen molar-refractivity contribution in [2.45, 2.75) is 53.0 Å². The highest BCUT2D eigenvalue weighted by Gasteiger charge is 2.17. The molecular formula is C17H25N3O. The molecule has 0 spiro atoms. The number of hydrogen-bond acceptors (Lipinski definition) is 3. The Bertz CT molecular complexity index is 604. The van der Waals surface area contributed by atoms with Gasteiger partial charge in [-0.1, -0.05) is 39.0 Å². The number of nitrogens with two attached hydrogens (primary N) is 1. The number of rotatable bonds is 6. The van der Waals surface area contributed by atoms with Crippen LogP contribution >= 0.6 is 0 Å². The van der Waals surface area contributed by atoms with Gasteiger partial charge in [-0.25, -0.2) is 4.68 Å². The highest BCUT2D eigenvalue weighted by Crippen LogP contribution is 2.35. The molecule has 0 saturated heterocycles. The maximum absolute atomic E-state index is 6.14. The van der Waals surface area contributed by atoms with Gasteiger partial charge in [0.05, 0.1) is 5.69 Å². The van der Waals surface area contributed by atoms with Crippen molar-refractivity contribution in [3.63, 3.8) is 0 Å². The van der Waals surface area contributed by atoms with Gasteiger partial charge in [-0.15, -0.1) is 0 Å². The normalized spacial score (nSPS) is 12.4. The highest BCUT2D eigenvalue weighted by atomic mass is 16.5. The van der Waals surface area contributed by atoms with Gasteiger partial charge in [-0.05, 0) is 37.3 Å². The van der Waals surface area contributed by atoms with E-state index in [4.69, 9.17) is 10.5 Å². The lowest BCUT2D eigenvalue weighted by atomic mass is 9.98. The van der Waals surface area contributed by atoms with E-state index in [1.54, 1.807) is 0 Å². The van der Waals surface area contributed by atoms with Crippen molar-refractivity contribution in [2.24, 2.45) is 0 Å². The summed E-state index contributed by atoms with van der Waals surface area (Å²) in [6.07, 6.45) is 2.06. The second kappa shape index (κ2) is 6.66. The summed E-state index contributed by atoms with van der Waals surface area (Å²) < 4.78 is 8.00. The zero-order valence-corrected chi connectivity index (χ0v) is 13.4. The molecule has 0 saturated carbocycles. The molecule has 1 aromatic heterocycles. The van der Waals surface area contributed by atoms with E-state index in [-0.39, 0.29) is 0 Å². The monoisotopic (exact) mass is 287 g/mol. The van der Waals surface area contributed by atoms with E-state index >= 15 is 0 Å². The fraction of sp³-hybridized carbons (Fsp3) is 0.471. The highest BCUT2D eigenvalue weighted by molar-refractivity contribution is 5.54. The van der Waals surface area contributed by atoms with Gasteiger partial charge in [0, 0.05) is 6.54 Å². The number of para-hydroxylation sites is 1. The van der Waals surface area contributed by atoms with Gasteiger partial charge in [0.1, 0.15) is 11.4 Å². The maximum Gasteiger partial charge on any atom is 0.241 e. The SMILES string of the molecule is CCCn1nc(C)c(N)c1Oc1ccccc1C(C)CC. The van der Waals surface area contributed by atoms with Crippen molar-refractivity contribution in [2.75, 3.05) is 5.73 Å². The fourth-order valence-corrected chi connectivity index (χ4v) is 2.35. The molecule has 21 heavy (non-hydrogen) atoms. The summed E-state index contributed by atoms with van der Waals surface area (Å²) in [6, 6.07) is 8.16. The van der Waals surface area contributed by atoms with Crippen molar-refractivity contribution >= 4 is 5.69 Å². The Hall–Kier alpha value is -1.97. The number of nitrogens with zero attached hydrogens (tertiary/aromatic N) is 2. The van der Waals surface area contributed by atoms with Crippen molar-refractivity contribution < 1.29 is 4.74 Å². The molecule has 0 aliphatic heterocycles. The third-order valence-corrected chi connectivity index (χ3v) is 3.83. The van der Waals surface area contributed by atoms with Crippen LogP contribution in [0, 0.1) is 6.92 Å². The van der Waals surface area contributed by atoms with E-state index in [9.17, 15) is 0 Å². The van der Waals surface area contributed by atoms with Crippen LogP contribution in [0.4, 0.5) is 5.69 Å². The van der Waals surface area contributed by atoms with Crippen LogP contribution in [0.3, 0.4) is 0 Å². The van der Waals surface area contributed by atoms with Gasteiger partial charge < -0.3 is 10.5 Å². The Kier molecular flexibility index (Phi) is 4.89. The molecule has 1 aromatic carbocycles. The number of ether oxygens (including phenoxy) is 1. The molecule has 1 heterocycles. The average Bonchev–Trinajstić information content (AvgIpc) is 2.75. The standard InChI is InChI=1S/C17H25N3O/c1-5-11-20-17(16(18)13(4)19-20)21-15-10-8-7-9-14(15)12(3)6-2/h7-10,12H,5-6,11,18H2,1-4H3. The molecule has 114 valence electrons. The molecule has 1 atom stereocenters. The van der Waals surface area contributed by atoms with Crippen LogP contribution in [0.1, 0.15) is 50.8 Å². The molecule has 0 bridgehead atoms. The smallest absolute Gasteiger partial charge is 0.241 e. The lowest BCUT2D eigenvalue weighted by Gasteiger charge is -2.16. The van der Waals surface area contributed by atoms with E-state index in [0.29, 0.717) is 17.5 Å². The second-order valence-electron chi connectivity index (χ2n) is 5.48. The fourth-order valence-electron chi connectivity index (χ4n) is 2.35. The van der Waals surface area contributed by atoms with E-state index < -0.39 is 0 Å². The Morgan fingerprint density at radius 3 is 2.67 bits per heavy atom. The first-order valence-corrected chi connectivity index (χ1v) is 7.68. The number of anilines is 1. The first kappa shape index (κ1) is 15.4. The van der Waals surface area contributed by atoms with Crippen LogP contribution in [-0.4, -0.2) is 9.78 Å². The van der Waals surface area contributed by atoms with E-state index in [2.05, 4.69) is 31.9 Å². The molecule has 0 radical (unpaired) electrons. The van der Waals surface area contributed by atoms with Gasteiger partial charge in [0.25, 0.3) is 0 Å². The van der Waals surface area contributed by atoms with Gasteiger partial charge in [0.2, 0.25) is 5.88 Å². The van der Waals surface area contributed by atoms with Crippen LogP contribution in [0.25, 0.3) is 0 Å². The zero-order chi connectivity index (χ0) is 15.4. The molecule has 4 nitrogen and oxygen atoms in total. The number of nitrogen functional groups attached to an aromatic ring is 1. The Morgan fingerprint density at radius 2 is 2.00 bits per heavy atom. The third kappa shape index (κ3) is 3.20. The molecule has 2 aromatic rings. The van der Waals surface area contributed by atoms with Crippen LogP contribution < -0.4 is 10.5 Å². The van der Waals surface area contributed by atoms with Gasteiger partial charge in [-0.2, -0.15) is 5.10 Å². The molecule has 1 unspecified atom stereocenters. The molecule has 0 aliphatic rings. The minimum atomic E-state index is 0.450. The molecule has 0 fully saturated rings. The topological polar surface area (TPSA) is 53.1 Å². The molecule has 2 rings (SSSR count). The summed E-state index contributed by atoms with van der Waals surface area (Å²) in [6.45, 7) is 9.22. The molecule has 4 heteroatoms. The summed E-state index contributed by atoms with van der Waals surface area (Å²) >= 11 is 0. The summed E-state index contributed by atoms with van der Waals surface area (Å²) in [5.41, 5.74) is 8.79. The molecular weight excluding hydrogens is 262 g/mol. The zero-order valence-electron chi connectivity index (χ0n) is 13.4. The number of aryl methyl sites for hydroxylation is 2. The molecule has 2 N–H and O–H groups in total. The predicted octanol–water partition coefficient (Wildman–Crippen LogP) is 4.49. The summed E-state index contributed by atoms with van der Waals surface area (Å²) in [4.78, 5) is 0. The van der Waals surface area contributed by atoms with Gasteiger partial charge >= 0.3 is 0 Å². The van der Waals surface area contributed by atoms with E-state index in [0.717, 1.165) is 30.8 Å². The van der Waals surface area contributed by atoms with Crippen molar-refractivity contribution in [3.8, 4) is 11.6 Å². The Morgan fingerprint density at radius 1 is 1.29 bits per heavy atom. The van der Waals surface area contributed by atoms with E-state index in [1.165, 1.54) is 5.56 Å². The quantitative estimate of drug-likeness (QED) is 0.851. The second-order valence-corrected chi connectivity index (χ2v) is 5.48. The lowest BCUT2D eigenvalue weighted by Crippen LogP contribution is -2.04. The van der Waals surface area contributed by atoms with E-state index in [1.807, 2.05) is 29.8 Å². The van der Waals surface area contributed by atoms with Gasteiger partial charge in [0.15, 0.2) is 0 Å². The van der Waals surface area contributed by atoms with Crippen LogP contribution in [0.2, 0.25) is 0 Å². The Balaban J connectivity index is 2.39. The van der Waals surface area contributed by atoms with Crippen LogP contribution in [-0.2, 0) is 6.54 Å². The minimum Gasteiger partial charge on any atom is -0.437 e. The average molecular weight is 287 g/mol. The van der Waals surface area contributed by atoms with Gasteiger partial charge in [-0.3, -0.25) is 0 Å². The maximum atomic E-state index is 6.14. The van der Waals surface area contributed by atoms with Crippen molar-refractivity contribution in [1.29, 1.82) is 0 Å². The summed E-state index contributed by atoms with van der Waals surface area (Å²) in [7, 11) is 0. The summed E-state index contributed by atoms with van der Waals surface area (Å²) in [5, 5.41) is 4.46. The lowest BCUT2D eigenvalue weighted by molar-refractivity contribution is 0.404. The molecule has 0 aliphatic carbocycles.